The molecular formula is C18H33N7O. The lowest BCUT2D eigenvalue weighted by Crippen LogP contribution is -2.55. The van der Waals surface area contributed by atoms with Gasteiger partial charge in [0.2, 0.25) is 5.91 Å². The van der Waals surface area contributed by atoms with Crippen LogP contribution in [0.1, 0.15) is 27.7 Å². The standard InChI is InChI=1S/C18H33N7O/c1-6-19-18(20-8-9-23(7-2)15(3)4)24-10-11-25(17(26)14-24)16-12-21-22(5)13-16/h12-13,15H,6-11,14H2,1-5H3,(H,19,20). The minimum Gasteiger partial charge on any atom is -0.357 e. The summed E-state index contributed by atoms with van der Waals surface area (Å²) in [6, 6.07) is 0.516. The van der Waals surface area contributed by atoms with Gasteiger partial charge in [-0.05, 0) is 27.3 Å². The second kappa shape index (κ2) is 9.56. The summed E-state index contributed by atoms with van der Waals surface area (Å²) in [4.78, 5) is 23.6. The van der Waals surface area contributed by atoms with Gasteiger partial charge in [-0.25, -0.2) is 0 Å². The molecule has 0 spiro atoms. The van der Waals surface area contributed by atoms with Gasteiger partial charge >= 0.3 is 0 Å². The van der Waals surface area contributed by atoms with E-state index in [9.17, 15) is 4.79 Å². The van der Waals surface area contributed by atoms with Gasteiger partial charge in [-0.3, -0.25) is 19.4 Å². The van der Waals surface area contributed by atoms with Gasteiger partial charge in [-0.2, -0.15) is 5.10 Å². The predicted octanol–water partition coefficient (Wildman–Crippen LogP) is 0.765. The van der Waals surface area contributed by atoms with E-state index in [0.717, 1.165) is 44.4 Å². The highest BCUT2D eigenvalue weighted by Gasteiger charge is 2.27. The average molecular weight is 364 g/mol. The Bertz CT molecular complexity index is 610. The van der Waals surface area contributed by atoms with E-state index in [1.807, 2.05) is 18.1 Å². The van der Waals surface area contributed by atoms with Crippen molar-refractivity contribution in [3.05, 3.63) is 12.4 Å². The van der Waals surface area contributed by atoms with Crippen LogP contribution in [0.3, 0.4) is 0 Å². The number of hydrogen-bond acceptors (Lipinski definition) is 4. The molecule has 0 bridgehead atoms. The maximum Gasteiger partial charge on any atom is 0.246 e. The maximum absolute atomic E-state index is 12.6. The van der Waals surface area contributed by atoms with Gasteiger partial charge in [0, 0.05) is 45.5 Å². The number of carbonyl (C=O) groups excluding carboxylic acids is 1. The summed E-state index contributed by atoms with van der Waals surface area (Å²) in [6.45, 7) is 13.8. The van der Waals surface area contributed by atoms with Crippen molar-refractivity contribution in [2.75, 3.05) is 50.7 Å². The molecule has 0 saturated carbocycles. The Labute approximate surface area is 156 Å². The van der Waals surface area contributed by atoms with Crippen molar-refractivity contribution in [3.8, 4) is 0 Å². The van der Waals surface area contributed by atoms with E-state index in [1.54, 1.807) is 15.8 Å². The molecule has 2 rings (SSSR count). The van der Waals surface area contributed by atoms with Gasteiger partial charge in [-0.15, -0.1) is 0 Å². The molecule has 1 saturated heterocycles. The highest BCUT2D eigenvalue weighted by atomic mass is 16.2. The Morgan fingerprint density at radius 1 is 1.38 bits per heavy atom. The molecule has 0 radical (unpaired) electrons. The number of carbonyl (C=O) groups is 1. The summed E-state index contributed by atoms with van der Waals surface area (Å²) in [7, 11) is 1.86. The van der Waals surface area contributed by atoms with Crippen LogP contribution in [0.2, 0.25) is 0 Å². The van der Waals surface area contributed by atoms with E-state index in [2.05, 4.69) is 43.0 Å². The molecule has 2 heterocycles. The number of piperazine rings is 1. The van der Waals surface area contributed by atoms with Crippen LogP contribution in [0.25, 0.3) is 0 Å². The number of aliphatic imine (C=N–C) groups is 1. The minimum absolute atomic E-state index is 0.0761. The Hall–Kier alpha value is -2.09. The van der Waals surface area contributed by atoms with Crippen LogP contribution >= 0.6 is 0 Å². The van der Waals surface area contributed by atoms with Crippen molar-refractivity contribution in [2.45, 2.75) is 33.7 Å². The molecule has 1 aromatic heterocycles. The number of hydrogen-bond donors (Lipinski definition) is 1. The number of aromatic nitrogens is 2. The summed E-state index contributed by atoms with van der Waals surface area (Å²) in [5, 5.41) is 7.48. The third-order valence-electron chi connectivity index (χ3n) is 4.64. The largest absolute Gasteiger partial charge is 0.357 e. The number of guanidine groups is 1. The maximum atomic E-state index is 12.6. The zero-order chi connectivity index (χ0) is 19.1. The number of nitrogens with zero attached hydrogens (tertiary/aromatic N) is 6. The van der Waals surface area contributed by atoms with Crippen molar-refractivity contribution < 1.29 is 4.79 Å². The molecule has 0 aliphatic carbocycles. The van der Waals surface area contributed by atoms with Gasteiger partial charge in [0.15, 0.2) is 5.96 Å². The van der Waals surface area contributed by atoms with E-state index in [4.69, 9.17) is 4.99 Å². The summed E-state index contributed by atoms with van der Waals surface area (Å²) in [6.07, 6.45) is 3.61. The molecule has 146 valence electrons. The molecule has 0 atom stereocenters. The van der Waals surface area contributed by atoms with Gasteiger partial charge in [0.1, 0.15) is 6.54 Å². The summed E-state index contributed by atoms with van der Waals surface area (Å²) >= 11 is 0. The molecular weight excluding hydrogens is 330 g/mol. The zero-order valence-corrected chi connectivity index (χ0v) is 16.8. The molecule has 1 fully saturated rings. The summed E-state index contributed by atoms with van der Waals surface area (Å²) in [5.41, 5.74) is 0.856. The van der Waals surface area contributed by atoms with E-state index in [1.165, 1.54) is 0 Å². The minimum atomic E-state index is 0.0761. The van der Waals surface area contributed by atoms with Crippen LogP contribution in [0.4, 0.5) is 5.69 Å². The Morgan fingerprint density at radius 3 is 2.69 bits per heavy atom. The van der Waals surface area contributed by atoms with Crippen LogP contribution in [0.5, 0.6) is 0 Å². The second-order valence-electron chi connectivity index (χ2n) is 6.80. The number of likely N-dealkylation sites (N-methyl/N-ethyl adjacent to an activating group) is 1. The first-order chi connectivity index (χ1) is 12.5. The highest BCUT2D eigenvalue weighted by Crippen LogP contribution is 2.16. The lowest BCUT2D eigenvalue weighted by molar-refractivity contribution is -0.120. The third-order valence-corrected chi connectivity index (χ3v) is 4.64. The van der Waals surface area contributed by atoms with E-state index < -0.39 is 0 Å². The normalized spacial score (nSPS) is 16.1. The van der Waals surface area contributed by atoms with Gasteiger partial charge in [0.05, 0.1) is 18.4 Å². The Morgan fingerprint density at radius 2 is 2.15 bits per heavy atom. The van der Waals surface area contributed by atoms with Crippen molar-refractivity contribution in [2.24, 2.45) is 12.0 Å². The van der Waals surface area contributed by atoms with Gasteiger partial charge in [-0.1, -0.05) is 6.92 Å². The number of anilines is 1. The lowest BCUT2D eigenvalue weighted by Gasteiger charge is -2.35. The first kappa shape index (κ1) is 20.2. The molecule has 1 aliphatic rings. The highest BCUT2D eigenvalue weighted by molar-refractivity contribution is 5.98. The van der Waals surface area contributed by atoms with Crippen LogP contribution in [0, 0.1) is 0 Å². The summed E-state index contributed by atoms with van der Waals surface area (Å²) in [5.74, 6) is 0.902. The quantitative estimate of drug-likeness (QED) is 0.572. The van der Waals surface area contributed by atoms with Crippen LogP contribution in [0.15, 0.2) is 17.4 Å². The second-order valence-corrected chi connectivity index (χ2v) is 6.80. The van der Waals surface area contributed by atoms with Crippen molar-refractivity contribution in [1.29, 1.82) is 0 Å². The van der Waals surface area contributed by atoms with Crippen molar-refractivity contribution in [3.63, 3.8) is 0 Å². The topological polar surface area (TPSA) is 69.0 Å². The first-order valence-corrected chi connectivity index (χ1v) is 9.52. The average Bonchev–Trinajstić information content (AvgIpc) is 3.03. The fourth-order valence-corrected chi connectivity index (χ4v) is 3.17. The number of aryl methyl sites for hydroxylation is 1. The van der Waals surface area contributed by atoms with Crippen LogP contribution < -0.4 is 10.2 Å². The van der Waals surface area contributed by atoms with Crippen molar-refractivity contribution >= 4 is 17.6 Å². The van der Waals surface area contributed by atoms with Crippen LogP contribution in [-0.4, -0.2) is 83.3 Å². The van der Waals surface area contributed by atoms with Gasteiger partial charge in [0.25, 0.3) is 0 Å². The number of nitrogens with one attached hydrogen (secondary N) is 1. The fourth-order valence-electron chi connectivity index (χ4n) is 3.17. The monoisotopic (exact) mass is 363 g/mol. The molecule has 0 unspecified atom stereocenters. The molecule has 26 heavy (non-hydrogen) atoms. The van der Waals surface area contributed by atoms with Crippen molar-refractivity contribution in [1.82, 2.24) is 24.9 Å². The number of amides is 1. The van der Waals surface area contributed by atoms with Gasteiger partial charge < -0.3 is 15.1 Å². The zero-order valence-electron chi connectivity index (χ0n) is 16.8. The molecule has 8 heteroatoms. The number of rotatable bonds is 7. The molecule has 1 N–H and O–H groups in total. The lowest BCUT2D eigenvalue weighted by atomic mass is 10.3. The van der Waals surface area contributed by atoms with E-state index in [0.29, 0.717) is 19.1 Å². The Balaban J connectivity index is 1.97. The first-order valence-electron chi connectivity index (χ1n) is 9.52. The third kappa shape index (κ3) is 5.20. The fraction of sp³-hybridized carbons (Fsp3) is 0.722. The Kier molecular flexibility index (Phi) is 7.44. The smallest absolute Gasteiger partial charge is 0.246 e. The molecule has 1 amide bonds. The molecule has 8 nitrogen and oxygen atoms in total. The predicted molar refractivity (Wildman–Crippen MR) is 105 cm³/mol. The van der Waals surface area contributed by atoms with E-state index >= 15 is 0 Å². The summed E-state index contributed by atoms with van der Waals surface area (Å²) < 4.78 is 1.72. The van der Waals surface area contributed by atoms with Crippen LogP contribution in [-0.2, 0) is 11.8 Å². The molecule has 1 aromatic rings. The molecule has 0 aromatic carbocycles. The molecule has 1 aliphatic heterocycles. The SMILES string of the molecule is CCNC(=NCCN(CC)C(C)C)N1CCN(c2cnn(C)c2)C(=O)C1. The van der Waals surface area contributed by atoms with E-state index in [-0.39, 0.29) is 5.91 Å².